The van der Waals surface area contributed by atoms with E-state index in [1.807, 2.05) is 30.3 Å². The number of halogens is 1. The van der Waals surface area contributed by atoms with Crippen LogP contribution in [0, 0.1) is 0 Å². The Bertz CT molecular complexity index is 779. The SMILES string of the molecule is COc1cc(Cl)c(C(=O)NC(=O)NC(C)C)cc1OCc1ccccc1. The van der Waals surface area contributed by atoms with Gasteiger partial charge in [-0.3, -0.25) is 10.1 Å². The Balaban J connectivity index is 2.19. The fraction of sp³-hybridized carbons (Fsp3) is 0.263. The summed E-state index contributed by atoms with van der Waals surface area (Å²) in [6.45, 7) is 3.88. The molecule has 0 saturated carbocycles. The molecule has 0 aliphatic heterocycles. The minimum atomic E-state index is -0.625. The number of hydrogen-bond acceptors (Lipinski definition) is 4. The number of nitrogens with one attached hydrogen (secondary N) is 2. The van der Waals surface area contributed by atoms with Gasteiger partial charge >= 0.3 is 6.03 Å². The van der Waals surface area contributed by atoms with Gasteiger partial charge in [-0.25, -0.2) is 4.79 Å². The van der Waals surface area contributed by atoms with E-state index in [0.717, 1.165) is 5.56 Å². The van der Waals surface area contributed by atoms with E-state index in [0.29, 0.717) is 18.1 Å². The Morgan fingerprint density at radius 3 is 2.42 bits per heavy atom. The Morgan fingerprint density at radius 1 is 1.12 bits per heavy atom. The zero-order chi connectivity index (χ0) is 19.1. The van der Waals surface area contributed by atoms with E-state index in [9.17, 15) is 9.59 Å². The van der Waals surface area contributed by atoms with Gasteiger partial charge in [-0.15, -0.1) is 0 Å². The van der Waals surface area contributed by atoms with Gasteiger partial charge < -0.3 is 14.8 Å². The summed E-state index contributed by atoms with van der Waals surface area (Å²) in [4.78, 5) is 24.1. The van der Waals surface area contributed by atoms with Crippen molar-refractivity contribution in [2.24, 2.45) is 0 Å². The topological polar surface area (TPSA) is 76.7 Å². The first-order valence-electron chi connectivity index (χ1n) is 8.06. The molecule has 138 valence electrons. The fourth-order valence-electron chi connectivity index (χ4n) is 2.19. The average molecular weight is 377 g/mol. The van der Waals surface area contributed by atoms with E-state index >= 15 is 0 Å². The van der Waals surface area contributed by atoms with Gasteiger partial charge in [0.15, 0.2) is 11.5 Å². The van der Waals surface area contributed by atoms with Gasteiger partial charge in [0, 0.05) is 12.1 Å². The van der Waals surface area contributed by atoms with Gasteiger partial charge in [0.25, 0.3) is 5.91 Å². The highest BCUT2D eigenvalue weighted by molar-refractivity contribution is 6.34. The molecule has 26 heavy (non-hydrogen) atoms. The van der Waals surface area contributed by atoms with Crippen molar-refractivity contribution in [1.82, 2.24) is 10.6 Å². The molecule has 2 aromatic carbocycles. The lowest BCUT2D eigenvalue weighted by molar-refractivity contribution is 0.0963. The van der Waals surface area contributed by atoms with Gasteiger partial charge in [0.05, 0.1) is 17.7 Å². The van der Waals surface area contributed by atoms with Crippen LogP contribution in [0.4, 0.5) is 4.79 Å². The predicted molar refractivity (Wildman–Crippen MR) is 99.9 cm³/mol. The van der Waals surface area contributed by atoms with E-state index in [2.05, 4.69) is 10.6 Å². The van der Waals surface area contributed by atoms with Crippen LogP contribution in [-0.2, 0) is 6.61 Å². The molecule has 2 rings (SSSR count). The van der Waals surface area contributed by atoms with Gasteiger partial charge in [0.1, 0.15) is 6.61 Å². The Morgan fingerprint density at radius 2 is 1.81 bits per heavy atom. The summed E-state index contributed by atoms with van der Waals surface area (Å²) in [5.74, 6) is 0.129. The molecule has 0 atom stereocenters. The molecule has 0 heterocycles. The highest BCUT2D eigenvalue weighted by atomic mass is 35.5. The smallest absolute Gasteiger partial charge is 0.321 e. The van der Waals surface area contributed by atoms with Crippen LogP contribution in [0.3, 0.4) is 0 Å². The molecule has 7 heteroatoms. The number of imide groups is 1. The maximum Gasteiger partial charge on any atom is 0.321 e. The molecule has 2 aromatic rings. The minimum Gasteiger partial charge on any atom is -0.493 e. The molecule has 0 fully saturated rings. The number of carbonyl (C=O) groups is 2. The molecule has 0 aliphatic carbocycles. The molecule has 0 bridgehead atoms. The predicted octanol–water partition coefficient (Wildman–Crippen LogP) is 3.78. The minimum absolute atomic E-state index is 0.0982. The second kappa shape index (κ2) is 9.10. The van der Waals surface area contributed by atoms with Gasteiger partial charge in [-0.05, 0) is 25.5 Å². The summed E-state index contributed by atoms with van der Waals surface area (Å²) in [5.41, 5.74) is 1.08. The number of ether oxygens (including phenoxy) is 2. The third-order valence-electron chi connectivity index (χ3n) is 3.38. The van der Waals surface area contributed by atoms with Crippen molar-refractivity contribution in [1.29, 1.82) is 0 Å². The maximum atomic E-state index is 12.3. The normalized spacial score (nSPS) is 10.3. The molecule has 0 unspecified atom stereocenters. The monoisotopic (exact) mass is 376 g/mol. The van der Waals surface area contributed by atoms with Crippen LogP contribution >= 0.6 is 11.6 Å². The molecule has 3 amide bonds. The lowest BCUT2D eigenvalue weighted by Crippen LogP contribution is -2.42. The van der Waals surface area contributed by atoms with Crippen molar-refractivity contribution >= 4 is 23.5 Å². The molecule has 2 N–H and O–H groups in total. The van der Waals surface area contributed by atoms with Crippen LogP contribution in [0.15, 0.2) is 42.5 Å². The number of carbonyl (C=O) groups excluding carboxylic acids is 2. The summed E-state index contributed by atoms with van der Waals surface area (Å²) >= 11 is 6.15. The third-order valence-corrected chi connectivity index (χ3v) is 3.69. The molecule has 0 saturated heterocycles. The number of benzene rings is 2. The lowest BCUT2D eigenvalue weighted by atomic mass is 10.2. The van der Waals surface area contributed by atoms with Crippen LogP contribution in [0.5, 0.6) is 11.5 Å². The number of hydrogen-bond donors (Lipinski definition) is 2. The van der Waals surface area contributed by atoms with Crippen molar-refractivity contribution in [2.75, 3.05) is 7.11 Å². The van der Waals surface area contributed by atoms with Gasteiger partial charge in [0.2, 0.25) is 0 Å². The van der Waals surface area contributed by atoms with Crippen molar-refractivity contribution in [3.8, 4) is 11.5 Å². The lowest BCUT2D eigenvalue weighted by Gasteiger charge is -2.14. The Kier molecular flexibility index (Phi) is 6.86. The highest BCUT2D eigenvalue weighted by Crippen LogP contribution is 2.33. The summed E-state index contributed by atoms with van der Waals surface area (Å²) in [6.07, 6.45) is 0. The van der Waals surface area contributed by atoms with E-state index in [-0.39, 0.29) is 16.6 Å². The van der Waals surface area contributed by atoms with E-state index in [1.165, 1.54) is 19.2 Å². The van der Waals surface area contributed by atoms with Crippen LogP contribution in [0.25, 0.3) is 0 Å². The van der Waals surface area contributed by atoms with Crippen molar-refractivity contribution < 1.29 is 19.1 Å². The van der Waals surface area contributed by atoms with Crippen LogP contribution < -0.4 is 20.1 Å². The average Bonchev–Trinajstić information content (AvgIpc) is 2.60. The highest BCUT2D eigenvalue weighted by Gasteiger charge is 2.18. The van der Waals surface area contributed by atoms with E-state index in [4.69, 9.17) is 21.1 Å². The first kappa shape index (κ1) is 19.6. The first-order chi connectivity index (χ1) is 12.4. The van der Waals surface area contributed by atoms with Crippen LogP contribution in [0.1, 0.15) is 29.8 Å². The fourth-order valence-corrected chi connectivity index (χ4v) is 2.42. The summed E-state index contributed by atoms with van der Waals surface area (Å²) in [6, 6.07) is 11.8. The maximum absolute atomic E-state index is 12.3. The Hall–Kier alpha value is -2.73. The molecule has 0 spiro atoms. The Labute approximate surface area is 157 Å². The summed E-state index contributed by atoms with van der Waals surface area (Å²) in [5, 5.41) is 4.97. The molecule has 0 radical (unpaired) electrons. The van der Waals surface area contributed by atoms with E-state index < -0.39 is 11.9 Å². The van der Waals surface area contributed by atoms with Crippen LogP contribution in [-0.4, -0.2) is 25.1 Å². The second-order valence-electron chi connectivity index (χ2n) is 5.84. The van der Waals surface area contributed by atoms with Crippen molar-refractivity contribution in [3.63, 3.8) is 0 Å². The number of urea groups is 1. The zero-order valence-electron chi connectivity index (χ0n) is 14.8. The summed E-state index contributed by atoms with van der Waals surface area (Å²) in [7, 11) is 1.48. The van der Waals surface area contributed by atoms with E-state index in [1.54, 1.807) is 13.8 Å². The van der Waals surface area contributed by atoms with Gasteiger partial charge in [-0.2, -0.15) is 0 Å². The van der Waals surface area contributed by atoms with Gasteiger partial charge in [-0.1, -0.05) is 41.9 Å². The molecule has 0 aromatic heterocycles. The van der Waals surface area contributed by atoms with Crippen LogP contribution in [0.2, 0.25) is 5.02 Å². The summed E-state index contributed by atoms with van der Waals surface area (Å²) < 4.78 is 11.0. The zero-order valence-corrected chi connectivity index (χ0v) is 15.6. The third kappa shape index (κ3) is 5.39. The van der Waals surface area contributed by atoms with Crippen molar-refractivity contribution in [2.45, 2.75) is 26.5 Å². The molecular formula is C19H21ClN2O4. The number of amides is 3. The molecular weight excluding hydrogens is 356 g/mol. The molecule has 0 aliphatic rings. The van der Waals surface area contributed by atoms with Crippen molar-refractivity contribution in [3.05, 3.63) is 58.6 Å². The second-order valence-corrected chi connectivity index (χ2v) is 6.25. The standard InChI is InChI=1S/C19H21ClN2O4/c1-12(2)21-19(24)22-18(23)14-9-17(16(25-3)10-15(14)20)26-11-13-7-5-4-6-8-13/h4-10,12H,11H2,1-3H3,(H2,21,22,23,24). The number of methoxy groups -OCH3 is 1. The first-order valence-corrected chi connectivity index (χ1v) is 8.44. The largest absolute Gasteiger partial charge is 0.493 e. The quantitative estimate of drug-likeness (QED) is 0.804. The number of rotatable bonds is 6. The molecule has 6 nitrogen and oxygen atoms in total.